The van der Waals surface area contributed by atoms with E-state index < -0.39 is 0 Å². The van der Waals surface area contributed by atoms with E-state index in [2.05, 4.69) is 20.4 Å². The summed E-state index contributed by atoms with van der Waals surface area (Å²) in [6.07, 6.45) is 1.11. The molecule has 0 saturated carbocycles. The van der Waals surface area contributed by atoms with Crippen LogP contribution in [0, 0.1) is 0 Å². The molecule has 0 heterocycles. The van der Waals surface area contributed by atoms with E-state index in [1.54, 1.807) is 18.7 Å². The maximum atomic E-state index is 11.1. The molecule has 0 aliphatic carbocycles. The van der Waals surface area contributed by atoms with Gasteiger partial charge in [-0.05, 0) is 13.3 Å². The third-order valence-electron chi connectivity index (χ3n) is 1.68. The van der Waals surface area contributed by atoms with Crippen molar-refractivity contribution in [1.82, 2.24) is 0 Å². The van der Waals surface area contributed by atoms with Gasteiger partial charge in [-0.3, -0.25) is 0 Å². The fourth-order valence-corrected chi connectivity index (χ4v) is 1.49. The van der Waals surface area contributed by atoms with Gasteiger partial charge in [0.1, 0.15) is 0 Å². The van der Waals surface area contributed by atoms with Crippen molar-refractivity contribution in [1.29, 1.82) is 0 Å². The molecular weight excluding hydrogens is 184 g/mol. The van der Waals surface area contributed by atoms with Crippen LogP contribution in [0.2, 0.25) is 0 Å². The zero-order valence-electron chi connectivity index (χ0n) is 8.63. The van der Waals surface area contributed by atoms with Gasteiger partial charge in [0.15, 0.2) is 0 Å². The quantitative estimate of drug-likeness (QED) is 0.489. The third kappa shape index (κ3) is 5.75. The van der Waals surface area contributed by atoms with E-state index in [-0.39, 0.29) is 5.97 Å². The molecule has 1 atom stereocenters. The van der Waals surface area contributed by atoms with Crippen molar-refractivity contribution < 1.29 is 9.53 Å². The minimum Gasteiger partial charge on any atom is -0.463 e. The standard InChI is InChI=1S/C10H18O2S/c1-5-9(4)13-7-8(3)10(11)12-6-2/h9H,3,5-7H2,1-2,4H3. The van der Waals surface area contributed by atoms with Gasteiger partial charge in [-0.1, -0.05) is 20.4 Å². The summed E-state index contributed by atoms with van der Waals surface area (Å²) in [4.78, 5) is 11.1. The number of carbonyl (C=O) groups excluding carboxylic acids is 1. The van der Waals surface area contributed by atoms with E-state index in [0.29, 0.717) is 23.2 Å². The molecule has 0 aromatic rings. The Bertz CT molecular complexity index is 178. The zero-order chi connectivity index (χ0) is 10.3. The number of hydrogen-bond acceptors (Lipinski definition) is 3. The van der Waals surface area contributed by atoms with E-state index in [9.17, 15) is 4.79 Å². The van der Waals surface area contributed by atoms with Crippen molar-refractivity contribution in [2.75, 3.05) is 12.4 Å². The number of esters is 1. The maximum Gasteiger partial charge on any atom is 0.334 e. The van der Waals surface area contributed by atoms with Crippen LogP contribution >= 0.6 is 11.8 Å². The summed E-state index contributed by atoms with van der Waals surface area (Å²) in [6.45, 7) is 10.2. The first-order valence-electron chi connectivity index (χ1n) is 4.58. The summed E-state index contributed by atoms with van der Waals surface area (Å²) >= 11 is 1.74. The molecule has 0 aliphatic heterocycles. The van der Waals surface area contributed by atoms with Crippen molar-refractivity contribution in [2.45, 2.75) is 32.4 Å². The lowest BCUT2D eigenvalue weighted by molar-refractivity contribution is -0.138. The second kappa shape index (κ2) is 7.01. The highest BCUT2D eigenvalue weighted by Crippen LogP contribution is 2.16. The summed E-state index contributed by atoms with van der Waals surface area (Å²) in [6, 6.07) is 0. The Morgan fingerprint density at radius 2 is 2.15 bits per heavy atom. The summed E-state index contributed by atoms with van der Waals surface area (Å²) < 4.78 is 4.82. The topological polar surface area (TPSA) is 26.3 Å². The minimum atomic E-state index is -0.265. The Labute approximate surface area is 84.7 Å². The van der Waals surface area contributed by atoms with Gasteiger partial charge in [0.2, 0.25) is 0 Å². The maximum absolute atomic E-state index is 11.1. The summed E-state index contributed by atoms with van der Waals surface area (Å²) in [5.41, 5.74) is 0.562. The molecule has 0 radical (unpaired) electrons. The summed E-state index contributed by atoms with van der Waals surface area (Å²) in [5, 5.41) is 0.575. The van der Waals surface area contributed by atoms with Crippen LogP contribution in [0.25, 0.3) is 0 Å². The van der Waals surface area contributed by atoms with Gasteiger partial charge in [0.25, 0.3) is 0 Å². The number of carbonyl (C=O) groups is 1. The molecule has 0 aromatic carbocycles. The molecule has 0 fully saturated rings. The fraction of sp³-hybridized carbons (Fsp3) is 0.700. The van der Waals surface area contributed by atoms with E-state index in [1.807, 2.05) is 0 Å². The third-order valence-corrected chi connectivity index (χ3v) is 3.10. The molecule has 0 bridgehead atoms. The first kappa shape index (κ1) is 12.6. The molecule has 0 N–H and O–H groups in total. The summed E-state index contributed by atoms with van der Waals surface area (Å²) in [7, 11) is 0. The van der Waals surface area contributed by atoms with Gasteiger partial charge in [0.05, 0.1) is 6.61 Å². The van der Waals surface area contributed by atoms with Gasteiger partial charge in [0, 0.05) is 16.6 Å². The highest BCUT2D eigenvalue weighted by Gasteiger charge is 2.08. The van der Waals surface area contributed by atoms with Gasteiger partial charge >= 0.3 is 5.97 Å². The average molecular weight is 202 g/mol. The second-order valence-corrected chi connectivity index (χ2v) is 4.28. The first-order chi connectivity index (χ1) is 6.11. The Balaban J connectivity index is 3.68. The molecule has 0 aliphatic rings. The van der Waals surface area contributed by atoms with Crippen LogP contribution < -0.4 is 0 Å². The van der Waals surface area contributed by atoms with Crippen molar-refractivity contribution >= 4 is 17.7 Å². The molecule has 13 heavy (non-hydrogen) atoms. The molecule has 3 heteroatoms. The minimum absolute atomic E-state index is 0.265. The molecule has 0 saturated heterocycles. The van der Waals surface area contributed by atoms with Gasteiger partial charge < -0.3 is 4.74 Å². The first-order valence-corrected chi connectivity index (χ1v) is 5.63. The Morgan fingerprint density at radius 1 is 1.54 bits per heavy atom. The normalized spacial score (nSPS) is 12.2. The Morgan fingerprint density at radius 3 is 2.62 bits per heavy atom. The van der Waals surface area contributed by atoms with Crippen molar-refractivity contribution in [2.24, 2.45) is 0 Å². The van der Waals surface area contributed by atoms with E-state index in [0.717, 1.165) is 6.42 Å². The molecule has 1 unspecified atom stereocenters. The lowest BCUT2D eigenvalue weighted by Crippen LogP contribution is -2.09. The number of ether oxygens (including phenoxy) is 1. The van der Waals surface area contributed by atoms with Gasteiger partial charge in [-0.15, -0.1) is 0 Å². The van der Waals surface area contributed by atoms with Gasteiger partial charge in [-0.2, -0.15) is 11.8 Å². The lowest BCUT2D eigenvalue weighted by Gasteiger charge is -2.08. The van der Waals surface area contributed by atoms with Crippen molar-refractivity contribution in [3.63, 3.8) is 0 Å². The smallest absolute Gasteiger partial charge is 0.334 e. The van der Waals surface area contributed by atoms with Crippen LogP contribution in [0.3, 0.4) is 0 Å². The molecule has 0 aromatic heterocycles. The van der Waals surface area contributed by atoms with Crippen molar-refractivity contribution in [3.05, 3.63) is 12.2 Å². The molecule has 0 spiro atoms. The Hall–Kier alpha value is -0.440. The molecular formula is C10H18O2S. The number of rotatable bonds is 6. The van der Waals surface area contributed by atoms with Gasteiger partial charge in [-0.25, -0.2) is 4.79 Å². The van der Waals surface area contributed by atoms with Crippen LogP contribution in [0.1, 0.15) is 27.2 Å². The van der Waals surface area contributed by atoms with E-state index >= 15 is 0 Å². The van der Waals surface area contributed by atoms with E-state index in [4.69, 9.17) is 4.74 Å². The fourth-order valence-electron chi connectivity index (χ4n) is 0.653. The zero-order valence-corrected chi connectivity index (χ0v) is 9.45. The van der Waals surface area contributed by atoms with Crippen LogP contribution in [0.5, 0.6) is 0 Å². The van der Waals surface area contributed by atoms with Crippen LogP contribution in [-0.4, -0.2) is 23.6 Å². The van der Waals surface area contributed by atoms with Crippen LogP contribution in [0.4, 0.5) is 0 Å². The molecule has 2 nitrogen and oxygen atoms in total. The number of hydrogen-bond donors (Lipinski definition) is 0. The molecule has 0 amide bonds. The predicted molar refractivity (Wildman–Crippen MR) is 58.0 cm³/mol. The monoisotopic (exact) mass is 202 g/mol. The second-order valence-electron chi connectivity index (χ2n) is 2.85. The number of thioether (sulfide) groups is 1. The van der Waals surface area contributed by atoms with Crippen molar-refractivity contribution in [3.8, 4) is 0 Å². The average Bonchev–Trinajstić information content (AvgIpc) is 2.13. The van der Waals surface area contributed by atoms with Crippen LogP contribution in [0.15, 0.2) is 12.2 Å². The highest BCUT2D eigenvalue weighted by atomic mass is 32.2. The van der Waals surface area contributed by atoms with Crippen LogP contribution in [-0.2, 0) is 9.53 Å². The SMILES string of the molecule is C=C(CSC(C)CC)C(=O)OCC. The Kier molecular flexibility index (Phi) is 6.77. The molecule has 76 valence electrons. The summed E-state index contributed by atoms with van der Waals surface area (Å²) in [5.74, 6) is 0.409. The molecule has 0 rings (SSSR count). The highest BCUT2D eigenvalue weighted by molar-refractivity contribution is 8.00. The largest absolute Gasteiger partial charge is 0.463 e. The predicted octanol–water partition coefficient (Wildman–Crippen LogP) is 2.64. The lowest BCUT2D eigenvalue weighted by atomic mass is 10.3. The van der Waals surface area contributed by atoms with E-state index in [1.165, 1.54) is 0 Å².